The van der Waals surface area contributed by atoms with Crippen LogP contribution in [0, 0.1) is 0 Å². The minimum Gasteiger partial charge on any atom is -0.477 e. The molecule has 4 rings (SSSR count). The number of alkyl halides is 3. The lowest BCUT2D eigenvalue weighted by atomic mass is 10.1. The lowest BCUT2D eigenvalue weighted by Gasteiger charge is -2.09. The molecule has 1 aromatic carbocycles. The largest absolute Gasteiger partial charge is 0.477 e. The van der Waals surface area contributed by atoms with Crippen molar-refractivity contribution in [2.45, 2.75) is 11.3 Å². The highest BCUT2D eigenvalue weighted by Crippen LogP contribution is 2.32. The minimum atomic E-state index is -4.41. The molecule has 0 fully saturated rings. The Morgan fingerprint density at radius 3 is 2.57 bits per heavy atom. The van der Waals surface area contributed by atoms with Crippen molar-refractivity contribution in [2.75, 3.05) is 5.75 Å². The number of fused-ring (bicyclic) bond motifs is 1. The van der Waals surface area contributed by atoms with Crippen LogP contribution < -0.4 is 0 Å². The van der Waals surface area contributed by atoms with Gasteiger partial charge in [-0.3, -0.25) is 4.68 Å². The predicted octanol–water partition coefficient (Wildman–Crippen LogP) is 2.76. The maximum Gasteiger partial charge on any atom is 0.416 e. The molecule has 0 unspecified atom stereocenters. The first-order chi connectivity index (χ1) is 13.2. The van der Waals surface area contributed by atoms with E-state index in [-0.39, 0.29) is 17.3 Å². The first-order valence-electron chi connectivity index (χ1n) is 7.85. The molecule has 1 aliphatic rings. The summed E-state index contributed by atoms with van der Waals surface area (Å²) in [6, 6.07) is 6.36. The lowest BCUT2D eigenvalue weighted by molar-refractivity contribution is -0.137. The maximum atomic E-state index is 12.7. The van der Waals surface area contributed by atoms with Crippen molar-refractivity contribution in [3.63, 3.8) is 0 Å². The highest BCUT2D eigenvalue weighted by atomic mass is 32.2. The van der Waals surface area contributed by atoms with Gasteiger partial charge < -0.3 is 5.11 Å². The fraction of sp³-hybridized carbons (Fsp3) is 0.188. The number of aromatic nitrogens is 5. The van der Waals surface area contributed by atoms with Gasteiger partial charge in [-0.15, -0.1) is 10.2 Å². The van der Waals surface area contributed by atoms with E-state index in [4.69, 9.17) is 5.11 Å². The number of carboxylic acids is 1. The Hall–Kier alpha value is -3.15. The Morgan fingerprint density at radius 1 is 1.21 bits per heavy atom. The molecule has 1 N–H and O–H groups in total. The van der Waals surface area contributed by atoms with Crippen LogP contribution in [0.4, 0.5) is 13.2 Å². The molecule has 0 radical (unpaired) electrons. The third-order valence-electron chi connectivity index (χ3n) is 4.03. The van der Waals surface area contributed by atoms with E-state index >= 15 is 0 Å². The van der Waals surface area contributed by atoms with Crippen molar-refractivity contribution in [1.82, 2.24) is 24.7 Å². The van der Waals surface area contributed by atoms with Crippen LogP contribution in [0.25, 0.3) is 22.8 Å². The molecule has 8 nitrogen and oxygen atoms in total. The molecule has 0 aliphatic carbocycles. The van der Waals surface area contributed by atoms with Gasteiger partial charge in [-0.25, -0.2) is 4.79 Å². The number of hydrogen-bond donors (Lipinski definition) is 1. The maximum absolute atomic E-state index is 12.7. The summed E-state index contributed by atoms with van der Waals surface area (Å²) in [6.07, 6.45) is -4.41. The normalized spacial score (nSPS) is 13.9. The van der Waals surface area contributed by atoms with Crippen molar-refractivity contribution < 1.29 is 23.1 Å². The second kappa shape index (κ2) is 6.48. The van der Waals surface area contributed by atoms with Gasteiger partial charge in [0, 0.05) is 7.05 Å². The zero-order valence-corrected chi connectivity index (χ0v) is 15.0. The number of rotatable bonds is 3. The van der Waals surface area contributed by atoms with Crippen LogP contribution in [0.1, 0.15) is 5.56 Å². The molecule has 0 bridgehead atoms. The van der Waals surface area contributed by atoms with E-state index in [0.717, 1.165) is 12.1 Å². The number of benzene rings is 1. The molecule has 12 heteroatoms. The van der Waals surface area contributed by atoms with Gasteiger partial charge in [-0.1, -0.05) is 23.9 Å². The Kier molecular flexibility index (Phi) is 4.22. The van der Waals surface area contributed by atoms with E-state index in [1.165, 1.54) is 33.3 Å². The lowest BCUT2D eigenvalue weighted by Crippen LogP contribution is -2.21. The molecule has 0 saturated heterocycles. The van der Waals surface area contributed by atoms with Gasteiger partial charge in [-0.05, 0) is 23.8 Å². The van der Waals surface area contributed by atoms with Gasteiger partial charge >= 0.3 is 12.1 Å². The van der Waals surface area contributed by atoms with E-state index in [0.29, 0.717) is 22.1 Å². The molecule has 1 aliphatic heterocycles. The molecule has 0 amide bonds. The van der Waals surface area contributed by atoms with Crippen LogP contribution in [0.2, 0.25) is 0 Å². The number of carbonyl (C=O) groups is 1. The summed E-state index contributed by atoms with van der Waals surface area (Å²) in [4.78, 5) is 11.2. The Labute approximate surface area is 159 Å². The Balaban J connectivity index is 1.72. The SMILES string of the molecule is Cn1nc(-c2nnc3n2N=C(C(=O)O)CS3)cc1-c1ccc(C(F)(F)F)cc1. The van der Waals surface area contributed by atoms with Crippen molar-refractivity contribution >= 4 is 23.4 Å². The molecule has 0 atom stereocenters. The van der Waals surface area contributed by atoms with E-state index in [1.54, 1.807) is 13.1 Å². The fourth-order valence-electron chi connectivity index (χ4n) is 2.67. The van der Waals surface area contributed by atoms with Crippen molar-refractivity contribution in [2.24, 2.45) is 12.1 Å². The Morgan fingerprint density at radius 2 is 1.93 bits per heavy atom. The van der Waals surface area contributed by atoms with Gasteiger partial charge in [-0.2, -0.15) is 28.0 Å². The molecule has 144 valence electrons. The van der Waals surface area contributed by atoms with Crippen molar-refractivity contribution in [3.8, 4) is 22.8 Å². The van der Waals surface area contributed by atoms with Crippen molar-refractivity contribution in [1.29, 1.82) is 0 Å². The van der Waals surface area contributed by atoms with Crippen LogP contribution in [0.15, 0.2) is 40.6 Å². The fourth-order valence-corrected chi connectivity index (χ4v) is 3.46. The van der Waals surface area contributed by atoms with E-state index in [1.807, 2.05) is 0 Å². The summed E-state index contributed by atoms with van der Waals surface area (Å²) in [5.74, 6) is -0.717. The monoisotopic (exact) mass is 408 g/mol. The molecule has 28 heavy (non-hydrogen) atoms. The number of hydrogen-bond acceptors (Lipinski definition) is 6. The first-order valence-corrected chi connectivity index (χ1v) is 8.84. The second-order valence-corrected chi connectivity index (χ2v) is 6.81. The highest BCUT2D eigenvalue weighted by Gasteiger charge is 2.30. The molecule has 0 spiro atoms. The summed E-state index contributed by atoms with van der Waals surface area (Å²) >= 11 is 1.19. The van der Waals surface area contributed by atoms with Crippen LogP contribution in [-0.4, -0.2) is 47.2 Å². The summed E-state index contributed by atoms with van der Waals surface area (Å²) in [5, 5.41) is 25.9. The zero-order chi connectivity index (χ0) is 20.1. The molecular weight excluding hydrogens is 397 g/mol. The molecule has 2 aromatic heterocycles. The number of aliphatic carboxylic acids is 1. The topological polar surface area (TPSA) is 98.2 Å². The quantitative estimate of drug-likeness (QED) is 0.716. The van der Waals surface area contributed by atoms with E-state index < -0.39 is 17.7 Å². The van der Waals surface area contributed by atoms with Gasteiger partial charge in [0.15, 0.2) is 5.71 Å². The predicted molar refractivity (Wildman–Crippen MR) is 93.9 cm³/mol. The molecule has 0 saturated carbocycles. The van der Waals surface area contributed by atoms with Crippen molar-refractivity contribution in [3.05, 3.63) is 35.9 Å². The number of thioether (sulfide) groups is 1. The third kappa shape index (κ3) is 3.15. The number of aryl methyl sites for hydroxylation is 1. The summed E-state index contributed by atoms with van der Waals surface area (Å²) in [5.41, 5.74) is 0.686. The summed E-state index contributed by atoms with van der Waals surface area (Å²) < 4.78 is 41.0. The van der Waals surface area contributed by atoms with Gasteiger partial charge in [0.1, 0.15) is 5.69 Å². The smallest absolute Gasteiger partial charge is 0.416 e. The first kappa shape index (κ1) is 18.2. The summed E-state index contributed by atoms with van der Waals surface area (Å²) in [7, 11) is 1.64. The van der Waals surface area contributed by atoms with Crippen LogP contribution >= 0.6 is 11.8 Å². The number of halogens is 3. The number of carboxylic acid groups (broad SMARTS) is 1. The standard InChI is InChI=1S/C16H11F3N6O2S/c1-24-12(8-2-4-9(5-3-8)16(17,18)19)6-10(22-24)13-20-21-15-25(13)23-11(7-28-15)14(26)27/h2-6H,7H2,1H3,(H,26,27). The van der Waals surface area contributed by atoms with Crippen LogP contribution in [-0.2, 0) is 18.0 Å². The van der Waals surface area contributed by atoms with Gasteiger partial charge in [0.05, 0.1) is 17.0 Å². The zero-order valence-electron chi connectivity index (χ0n) is 14.2. The number of nitrogens with zero attached hydrogens (tertiary/aromatic N) is 6. The van der Waals surface area contributed by atoms with Gasteiger partial charge in [0.25, 0.3) is 0 Å². The van der Waals surface area contributed by atoms with Crippen LogP contribution in [0.5, 0.6) is 0 Å². The molecular formula is C16H11F3N6O2S. The van der Waals surface area contributed by atoms with E-state index in [9.17, 15) is 18.0 Å². The second-order valence-electron chi connectivity index (χ2n) is 5.87. The van der Waals surface area contributed by atoms with Gasteiger partial charge in [0.2, 0.25) is 11.0 Å². The molecule has 3 heterocycles. The average Bonchev–Trinajstić information content (AvgIpc) is 3.23. The molecule has 3 aromatic rings. The average molecular weight is 408 g/mol. The Bertz CT molecular complexity index is 1100. The van der Waals surface area contributed by atoms with Crippen LogP contribution in [0.3, 0.4) is 0 Å². The van der Waals surface area contributed by atoms with E-state index in [2.05, 4.69) is 20.4 Å². The minimum absolute atomic E-state index is 0.0440. The summed E-state index contributed by atoms with van der Waals surface area (Å²) in [6.45, 7) is 0. The highest BCUT2D eigenvalue weighted by molar-refractivity contribution is 8.00. The third-order valence-corrected chi connectivity index (χ3v) is 4.97.